The molecule has 3 heterocycles. The molecule has 1 aromatic heterocycles. The lowest BCUT2D eigenvalue weighted by molar-refractivity contribution is 0.114. The Morgan fingerprint density at radius 1 is 1.04 bits per heavy atom. The maximum atomic E-state index is 12.7. The van der Waals surface area contributed by atoms with Crippen molar-refractivity contribution >= 4 is 5.95 Å². The smallest absolute Gasteiger partial charge is 0.255 e. The van der Waals surface area contributed by atoms with Crippen LogP contribution in [0, 0.1) is 0 Å². The van der Waals surface area contributed by atoms with E-state index in [-0.39, 0.29) is 11.0 Å². The van der Waals surface area contributed by atoms with Crippen molar-refractivity contribution in [3.05, 3.63) is 21.6 Å². The quantitative estimate of drug-likeness (QED) is 0.874. The van der Waals surface area contributed by atoms with Gasteiger partial charge in [-0.25, -0.2) is 4.98 Å². The first-order valence-electron chi connectivity index (χ1n) is 10.5. The lowest BCUT2D eigenvalue weighted by atomic mass is 9.76. The van der Waals surface area contributed by atoms with Crippen molar-refractivity contribution in [3.8, 4) is 0 Å². The molecule has 6 heteroatoms. The van der Waals surface area contributed by atoms with Gasteiger partial charge in [0.1, 0.15) is 0 Å². The van der Waals surface area contributed by atoms with E-state index in [2.05, 4.69) is 14.8 Å². The number of H-pyrrole nitrogens is 1. The Labute approximate surface area is 154 Å². The number of anilines is 1. The van der Waals surface area contributed by atoms with E-state index in [9.17, 15) is 4.79 Å². The van der Waals surface area contributed by atoms with Gasteiger partial charge < -0.3 is 14.5 Å². The van der Waals surface area contributed by atoms with Crippen LogP contribution >= 0.6 is 0 Å². The average molecular weight is 358 g/mol. The summed E-state index contributed by atoms with van der Waals surface area (Å²) in [6.45, 7) is 5.38. The largest absolute Gasteiger partial charge is 0.378 e. The predicted octanol–water partition coefficient (Wildman–Crippen LogP) is 1.83. The number of aromatic nitrogens is 2. The molecule has 0 aromatic carbocycles. The molecule has 26 heavy (non-hydrogen) atoms. The summed E-state index contributed by atoms with van der Waals surface area (Å²) in [4.78, 5) is 25.7. The minimum atomic E-state index is 0.0894. The van der Waals surface area contributed by atoms with Crippen LogP contribution in [-0.4, -0.2) is 60.3 Å². The molecular formula is C20H30N4O2. The van der Waals surface area contributed by atoms with Gasteiger partial charge in [0, 0.05) is 30.1 Å². The molecule has 0 radical (unpaired) electrons. The zero-order valence-corrected chi connectivity index (χ0v) is 15.6. The van der Waals surface area contributed by atoms with E-state index in [1.54, 1.807) is 0 Å². The minimum absolute atomic E-state index is 0.0894. The number of hydrogen-bond acceptors (Lipinski definition) is 5. The first kappa shape index (κ1) is 16.8. The number of morpholine rings is 1. The van der Waals surface area contributed by atoms with Crippen molar-refractivity contribution < 1.29 is 4.74 Å². The lowest BCUT2D eigenvalue weighted by Crippen LogP contribution is -2.46. The molecule has 6 nitrogen and oxygen atoms in total. The number of ether oxygens (including phenoxy) is 1. The van der Waals surface area contributed by atoms with Crippen LogP contribution in [0.2, 0.25) is 0 Å². The highest BCUT2D eigenvalue weighted by molar-refractivity contribution is 5.40. The second kappa shape index (κ2) is 6.64. The topological polar surface area (TPSA) is 61.5 Å². The summed E-state index contributed by atoms with van der Waals surface area (Å²) in [5, 5.41) is 0. The Bertz CT molecular complexity index is 711. The zero-order chi connectivity index (χ0) is 17.6. The maximum absolute atomic E-state index is 12.7. The van der Waals surface area contributed by atoms with Crippen LogP contribution in [0.5, 0.6) is 0 Å². The number of nitrogens with one attached hydrogen (secondary N) is 1. The molecule has 3 fully saturated rings. The van der Waals surface area contributed by atoms with Gasteiger partial charge in [-0.3, -0.25) is 9.78 Å². The number of nitrogens with zero attached hydrogens (tertiary/aromatic N) is 3. The maximum Gasteiger partial charge on any atom is 0.255 e. The molecule has 1 aromatic rings. The van der Waals surface area contributed by atoms with E-state index in [0.29, 0.717) is 13.2 Å². The number of likely N-dealkylation sites (tertiary alicyclic amines) is 1. The van der Waals surface area contributed by atoms with Crippen molar-refractivity contribution in [2.75, 3.05) is 44.3 Å². The van der Waals surface area contributed by atoms with E-state index >= 15 is 0 Å². The standard InChI is InChI=1S/C20H30N4O2/c25-18-16-5-6-20(7-9-23(10-8-20)15-3-1-2-4-15)17(16)21-19(22-18)24-11-13-26-14-12-24/h15H,1-14H2,(H,21,22,25). The second-order valence-electron chi connectivity index (χ2n) is 8.57. The summed E-state index contributed by atoms with van der Waals surface area (Å²) in [5.41, 5.74) is 2.30. The van der Waals surface area contributed by atoms with E-state index in [0.717, 1.165) is 62.0 Å². The van der Waals surface area contributed by atoms with Gasteiger partial charge in [-0.1, -0.05) is 12.8 Å². The van der Waals surface area contributed by atoms with Crippen molar-refractivity contribution in [2.24, 2.45) is 0 Å². The fourth-order valence-electron chi connectivity index (χ4n) is 5.64. The van der Waals surface area contributed by atoms with Crippen LogP contribution in [0.15, 0.2) is 4.79 Å². The van der Waals surface area contributed by atoms with Crippen molar-refractivity contribution in [2.45, 2.75) is 62.8 Å². The van der Waals surface area contributed by atoms with Gasteiger partial charge in [0.2, 0.25) is 5.95 Å². The van der Waals surface area contributed by atoms with E-state index < -0.39 is 0 Å². The monoisotopic (exact) mass is 358 g/mol. The molecule has 1 saturated carbocycles. The van der Waals surface area contributed by atoms with E-state index in [1.807, 2.05) is 0 Å². The van der Waals surface area contributed by atoms with Gasteiger partial charge in [-0.05, 0) is 51.6 Å². The van der Waals surface area contributed by atoms with Crippen LogP contribution in [0.4, 0.5) is 5.95 Å². The number of fused-ring (bicyclic) bond motifs is 2. The fourth-order valence-corrected chi connectivity index (χ4v) is 5.64. The molecule has 2 aliphatic heterocycles. The number of piperidine rings is 1. The third-order valence-corrected chi connectivity index (χ3v) is 7.27. The first-order valence-corrected chi connectivity index (χ1v) is 10.5. The Morgan fingerprint density at radius 3 is 2.50 bits per heavy atom. The predicted molar refractivity (Wildman–Crippen MR) is 101 cm³/mol. The summed E-state index contributed by atoms with van der Waals surface area (Å²) in [5.74, 6) is 0.761. The molecule has 5 rings (SSSR count). The number of aromatic amines is 1. The van der Waals surface area contributed by atoms with Gasteiger partial charge in [-0.2, -0.15) is 0 Å². The molecule has 0 bridgehead atoms. The normalized spacial score (nSPS) is 26.5. The average Bonchev–Trinajstić information content (AvgIpc) is 3.33. The molecule has 1 spiro atoms. The van der Waals surface area contributed by atoms with Crippen molar-refractivity contribution in [1.82, 2.24) is 14.9 Å². The van der Waals surface area contributed by atoms with Crippen LogP contribution in [0.3, 0.4) is 0 Å². The van der Waals surface area contributed by atoms with Crippen LogP contribution in [0.1, 0.15) is 56.2 Å². The third kappa shape index (κ3) is 2.78. The zero-order valence-electron chi connectivity index (χ0n) is 15.6. The summed E-state index contributed by atoms with van der Waals surface area (Å²) in [6, 6.07) is 0.810. The van der Waals surface area contributed by atoms with Crippen molar-refractivity contribution in [3.63, 3.8) is 0 Å². The second-order valence-corrected chi connectivity index (χ2v) is 8.57. The Balaban J connectivity index is 1.40. The Kier molecular flexibility index (Phi) is 4.28. The summed E-state index contributed by atoms with van der Waals surface area (Å²) < 4.78 is 5.45. The highest BCUT2D eigenvalue weighted by atomic mass is 16.5. The first-order chi connectivity index (χ1) is 12.8. The van der Waals surface area contributed by atoms with Gasteiger partial charge in [-0.15, -0.1) is 0 Å². The van der Waals surface area contributed by atoms with Crippen LogP contribution in [0.25, 0.3) is 0 Å². The van der Waals surface area contributed by atoms with Crippen LogP contribution < -0.4 is 10.5 Å². The SMILES string of the molecule is O=c1[nH]c(N2CCOCC2)nc2c1CCC21CCN(C2CCCC2)CC1. The van der Waals surface area contributed by atoms with Crippen LogP contribution in [-0.2, 0) is 16.6 Å². The number of hydrogen-bond donors (Lipinski definition) is 1. The molecular weight excluding hydrogens is 328 g/mol. The summed E-state index contributed by atoms with van der Waals surface area (Å²) in [6.07, 6.45) is 9.87. The molecule has 0 unspecified atom stereocenters. The van der Waals surface area contributed by atoms with E-state index in [4.69, 9.17) is 9.72 Å². The molecule has 1 N–H and O–H groups in total. The molecule has 0 atom stereocenters. The van der Waals surface area contributed by atoms with Crippen molar-refractivity contribution in [1.29, 1.82) is 0 Å². The Hall–Kier alpha value is -1.40. The van der Waals surface area contributed by atoms with Gasteiger partial charge >= 0.3 is 0 Å². The molecule has 2 aliphatic carbocycles. The van der Waals surface area contributed by atoms with E-state index in [1.165, 1.54) is 38.8 Å². The van der Waals surface area contributed by atoms with Gasteiger partial charge in [0.25, 0.3) is 5.56 Å². The summed E-state index contributed by atoms with van der Waals surface area (Å²) >= 11 is 0. The highest BCUT2D eigenvalue weighted by Gasteiger charge is 2.45. The lowest BCUT2D eigenvalue weighted by Gasteiger charge is -2.42. The molecule has 2 saturated heterocycles. The minimum Gasteiger partial charge on any atom is -0.378 e. The molecule has 142 valence electrons. The molecule has 4 aliphatic rings. The molecule has 0 amide bonds. The Morgan fingerprint density at radius 2 is 1.77 bits per heavy atom. The van der Waals surface area contributed by atoms with Gasteiger partial charge in [0.15, 0.2) is 0 Å². The van der Waals surface area contributed by atoms with Gasteiger partial charge in [0.05, 0.1) is 18.9 Å². The fraction of sp³-hybridized carbons (Fsp3) is 0.800. The highest BCUT2D eigenvalue weighted by Crippen LogP contribution is 2.45. The third-order valence-electron chi connectivity index (χ3n) is 7.27. The summed E-state index contributed by atoms with van der Waals surface area (Å²) in [7, 11) is 0. The number of rotatable bonds is 2.